The van der Waals surface area contributed by atoms with Crippen molar-refractivity contribution in [2.45, 2.75) is 0 Å². The molecule has 4 N–H and O–H groups in total. The Kier molecular flexibility index (Phi) is 2.04. The lowest BCUT2D eigenvalue weighted by molar-refractivity contribution is -0.348. The van der Waals surface area contributed by atoms with Gasteiger partial charge in [-0.2, -0.15) is 0 Å². The van der Waals surface area contributed by atoms with Gasteiger partial charge in [-0.25, -0.2) is 9.97 Å². The van der Waals surface area contributed by atoms with Crippen LogP contribution >= 0.6 is 0 Å². The quantitative estimate of drug-likeness (QED) is 0.476. The SMILES string of the molecule is Nc1nc2[nH+]ccnc2[nH]1.[Br-]. The molecule has 0 saturated carbocycles. The molecule has 5 nitrogen and oxygen atoms in total. The first-order valence-corrected chi connectivity index (χ1v) is 2.84. The monoisotopic (exact) mass is 215 g/mol. The molecule has 0 atom stereocenters. The number of imidazole rings is 1. The Balaban J connectivity index is 0.000000605. The van der Waals surface area contributed by atoms with Gasteiger partial charge in [0.25, 0.3) is 0 Å². The first kappa shape index (κ1) is 7.93. The number of fused-ring (bicyclic) bond motifs is 1. The summed E-state index contributed by atoms with van der Waals surface area (Å²) in [5, 5.41) is 0. The highest BCUT2D eigenvalue weighted by Crippen LogP contribution is 2.00. The van der Waals surface area contributed by atoms with Crippen LogP contribution in [0.4, 0.5) is 5.95 Å². The Morgan fingerprint density at radius 2 is 2.36 bits per heavy atom. The minimum Gasteiger partial charge on any atom is -1.00 e. The van der Waals surface area contributed by atoms with Crippen LogP contribution in [0.1, 0.15) is 0 Å². The van der Waals surface area contributed by atoms with Gasteiger partial charge in [-0.3, -0.25) is 4.98 Å². The number of hydrogen-bond acceptors (Lipinski definition) is 3. The van der Waals surface area contributed by atoms with Gasteiger partial charge in [0.1, 0.15) is 6.20 Å². The minimum absolute atomic E-state index is 0. The molecule has 0 radical (unpaired) electrons. The summed E-state index contributed by atoms with van der Waals surface area (Å²) in [5.41, 5.74) is 6.72. The zero-order valence-electron chi connectivity index (χ0n) is 5.50. The third kappa shape index (κ3) is 1.30. The van der Waals surface area contributed by atoms with E-state index in [1.54, 1.807) is 12.4 Å². The summed E-state index contributed by atoms with van der Waals surface area (Å²) in [6.07, 6.45) is 3.34. The molecular weight excluding hydrogens is 210 g/mol. The topological polar surface area (TPSA) is 81.7 Å². The Hall–Kier alpha value is -1.17. The number of H-pyrrole nitrogens is 2. The molecule has 0 aliphatic heterocycles. The molecule has 6 heteroatoms. The average Bonchev–Trinajstić information content (AvgIpc) is 2.27. The van der Waals surface area contributed by atoms with Gasteiger partial charge in [-0.05, 0) is 4.98 Å². The van der Waals surface area contributed by atoms with Crippen molar-refractivity contribution in [3.05, 3.63) is 12.4 Å². The average molecular weight is 216 g/mol. The Morgan fingerprint density at radius 1 is 1.55 bits per heavy atom. The van der Waals surface area contributed by atoms with Gasteiger partial charge in [0, 0.05) is 0 Å². The van der Waals surface area contributed by atoms with Gasteiger partial charge in [0.2, 0.25) is 5.65 Å². The van der Waals surface area contributed by atoms with Crippen LogP contribution in [0.15, 0.2) is 12.4 Å². The molecule has 0 saturated heterocycles. The summed E-state index contributed by atoms with van der Waals surface area (Å²) in [4.78, 5) is 13.6. The molecule has 2 aromatic heterocycles. The molecule has 0 fully saturated rings. The number of anilines is 1. The van der Waals surface area contributed by atoms with Gasteiger partial charge in [0.05, 0.1) is 6.20 Å². The summed E-state index contributed by atoms with van der Waals surface area (Å²) >= 11 is 0. The van der Waals surface area contributed by atoms with Crippen molar-refractivity contribution in [3.8, 4) is 0 Å². The van der Waals surface area contributed by atoms with Crippen LogP contribution < -0.4 is 27.7 Å². The highest BCUT2D eigenvalue weighted by molar-refractivity contribution is 5.63. The normalized spacial score (nSPS) is 9.45. The number of aromatic nitrogens is 4. The van der Waals surface area contributed by atoms with Gasteiger partial charge < -0.3 is 22.7 Å². The summed E-state index contributed by atoms with van der Waals surface area (Å²) < 4.78 is 0. The van der Waals surface area contributed by atoms with Crippen LogP contribution in [-0.4, -0.2) is 15.0 Å². The third-order valence-electron chi connectivity index (χ3n) is 1.20. The molecule has 0 amide bonds. The maximum Gasteiger partial charge on any atom is 0.368 e. The standard InChI is InChI=1S/C5H5N5.BrH/c6-5-9-3-4(10-5)8-2-1-7-3;/h1-2H,(H3,6,7,8,9,10);1H. The second-order valence-corrected chi connectivity index (χ2v) is 1.91. The highest BCUT2D eigenvalue weighted by Gasteiger charge is 2.07. The minimum atomic E-state index is 0. The fraction of sp³-hybridized carbons (Fsp3) is 0. The van der Waals surface area contributed by atoms with E-state index in [2.05, 4.69) is 19.9 Å². The first-order chi connectivity index (χ1) is 4.86. The van der Waals surface area contributed by atoms with E-state index < -0.39 is 0 Å². The fourth-order valence-electron chi connectivity index (χ4n) is 0.804. The van der Waals surface area contributed by atoms with Gasteiger partial charge in [0.15, 0.2) is 0 Å². The summed E-state index contributed by atoms with van der Waals surface area (Å²) in [6.45, 7) is 0. The number of aromatic amines is 2. The summed E-state index contributed by atoms with van der Waals surface area (Å²) in [6, 6.07) is 0. The second kappa shape index (κ2) is 2.83. The Morgan fingerprint density at radius 3 is 3.09 bits per heavy atom. The molecule has 0 bridgehead atoms. The number of rotatable bonds is 0. The van der Waals surface area contributed by atoms with E-state index in [-0.39, 0.29) is 17.0 Å². The molecule has 0 spiro atoms. The Bertz CT molecular complexity index is 323. The van der Waals surface area contributed by atoms with Crippen LogP contribution in [0.5, 0.6) is 0 Å². The molecular formula is C5H6BrN5. The molecule has 0 aliphatic rings. The van der Waals surface area contributed by atoms with E-state index >= 15 is 0 Å². The predicted octanol–water partition coefficient (Wildman–Crippen LogP) is -3.64. The van der Waals surface area contributed by atoms with Crippen LogP contribution in [0.3, 0.4) is 0 Å². The van der Waals surface area contributed by atoms with Gasteiger partial charge >= 0.3 is 11.6 Å². The second-order valence-electron chi connectivity index (χ2n) is 1.91. The van der Waals surface area contributed by atoms with E-state index in [0.717, 1.165) is 0 Å². The van der Waals surface area contributed by atoms with Crippen molar-refractivity contribution < 1.29 is 22.0 Å². The van der Waals surface area contributed by atoms with Crippen molar-refractivity contribution >= 4 is 17.2 Å². The third-order valence-corrected chi connectivity index (χ3v) is 1.20. The van der Waals surface area contributed by atoms with E-state index in [1.807, 2.05) is 0 Å². The zero-order valence-corrected chi connectivity index (χ0v) is 7.09. The first-order valence-electron chi connectivity index (χ1n) is 2.84. The van der Waals surface area contributed by atoms with Crippen LogP contribution in [0.25, 0.3) is 11.3 Å². The van der Waals surface area contributed by atoms with Crippen LogP contribution in [0.2, 0.25) is 0 Å². The molecule has 2 heterocycles. The molecule has 58 valence electrons. The lowest BCUT2D eigenvalue weighted by atomic mass is 10.7. The zero-order chi connectivity index (χ0) is 6.97. The van der Waals surface area contributed by atoms with Gasteiger partial charge in [-0.1, -0.05) is 0 Å². The Labute approximate surface area is 72.8 Å². The number of halogens is 1. The number of nitrogens with zero attached hydrogens (tertiary/aromatic N) is 2. The number of nitrogen functional groups attached to an aromatic ring is 1. The number of nitrogens with one attached hydrogen (secondary N) is 2. The smallest absolute Gasteiger partial charge is 0.368 e. The molecule has 0 unspecified atom stereocenters. The lowest BCUT2D eigenvalue weighted by Gasteiger charge is -1.74. The number of nitrogens with two attached hydrogens (primary N) is 1. The van der Waals surface area contributed by atoms with E-state index in [1.165, 1.54) is 0 Å². The van der Waals surface area contributed by atoms with Crippen molar-refractivity contribution in [3.63, 3.8) is 0 Å². The molecule has 0 aromatic carbocycles. The summed E-state index contributed by atoms with van der Waals surface area (Å²) in [7, 11) is 0. The van der Waals surface area contributed by atoms with Crippen LogP contribution in [-0.2, 0) is 0 Å². The van der Waals surface area contributed by atoms with Crippen LogP contribution in [0, 0.1) is 0 Å². The maximum atomic E-state index is 5.36. The predicted molar refractivity (Wildman–Crippen MR) is 34.9 cm³/mol. The van der Waals surface area contributed by atoms with E-state index in [4.69, 9.17) is 5.73 Å². The van der Waals surface area contributed by atoms with Crippen molar-refractivity contribution in [1.82, 2.24) is 15.0 Å². The van der Waals surface area contributed by atoms with Gasteiger partial charge in [-0.15, -0.1) is 0 Å². The maximum absolute atomic E-state index is 5.36. The molecule has 2 aromatic rings. The summed E-state index contributed by atoms with van der Waals surface area (Å²) in [5.74, 6) is 0.380. The number of hydrogen-bond donors (Lipinski definition) is 2. The van der Waals surface area contributed by atoms with E-state index in [9.17, 15) is 0 Å². The lowest BCUT2D eigenvalue weighted by Crippen LogP contribution is -3.00. The fourth-order valence-corrected chi connectivity index (χ4v) is 0.804. The molecule has 2 rings (SSSR count). The largest absolute Gasteiger partial charge is 1.00 e. The van der Waals surface area contributed by atoms with Crippen molar-refractivity contribution in [2.24, 2.45) is 0 Å². The van der Waals surface area contributed by atoms with Crippen molar-refractivity contribution in [1.29, 1.82) is 0 Å². The molecule has 0 aliphatic carbocycles. The van der Waals surface area contributed by atoms with E-state index in [0.29, 0.717) is 17.2 Å². The highest BCUT2D eigenvalue weighted by atomic mass is 79.9. The van der Waals surface area contributed by atoms with Crippen molar-refractivity contribution in [2.75, 3.05) is 5.73 Å². The molecule has 11 heavy (non-hydrogen) atoms.